The number of hydrogen-bond donors (Lipinski definition) is 0. The standard InChI is InChI=1S/C7H6FN3/c8-5-6-4-7-9-2-1-3-11(7)10-6/h1-4H,5H2. The van der Waals surface area contributed by atoms with E-state index >= 15 is 0 Å². The second-order valence-electron chi connectivity index (χ2n) is 2.19. The van der Waals surface area contributed by atoms with Gasteiger partial charge in [-0.2, -0.15) is 5.10 Å². The van der Waals surface area contributed by atoms with Crippen LogP contribution in [0.5, 0.6) is 0 Å². The lowest BCUT2D eigenvalue weighted by atomic mass is 10.5. The molecule has 0 N–H and O–H groups in total. The highest BCUT2D eigenvalue weighted by Gasteiger charge is 1.98. The third-order valence-corrected chi connectivity index (χ3v) is 1.42. The first kappa shape index (κ1) is 6.27. The minimum atomic E-state index is -0.538. The number of aromatic nitrogens is 3. The van der Waals surface area contributed by atoms with E-state index in [1.165, 1.54) is 0 Å². The molecule has 2 aromatic rings. The highest BCUT2D eigenvalue weighted by molar-refractivity contribution is 5.37. The Labute approximate surface area is 62.5 Å². The van der Waals surface area contributed by atoms with Gasteiger partial charge in [0.2, 0.25) is 0 Å². The average molecular weight is 151 g/mol. The van der Waals surface area contributed by atoms with Crippen LogP contribution in [0.4, 0.5) is 4.39 Å². The maximum Gasteiger partial charge on any atom is 0.155 e. The molecular weight excluding hydrogens is 145 g/mol. The SMILES string of the molecule is FCc1cc2ncccn2n1. The van der Waals surface area contributed by atoms with Crippen molar-refractivity contribution in [1.82, 2.24) is 14.6 Å². The summed E-state index contributed by atoms with van der Waals surface area (Å²) in [5.41, 5.74) is 1.10. The first-order valence-electron chi connectivity index (χ1n) is 3.25. The summed E-state index contributed by atoms with van der Waals surface area (Å²) in [6.45, 7) is -0.538. The largest absolute Gasteiger partial charge is 0.244 e. The van der Waals surface area contributed by atoms with Crippen molar-refractivity contribution in [3.8, 4) is 0 Å². The molecule has 2 heterocycles. The number of rotatable bonds is 1. The predicted octanol–water partition coefficient (Wildman–Crippen LogP) is 1.20. The molecular formula is C7H6FN3. The number of halogens is 1. The van der Waals surface area contributed by atoms with Crippen molar-refractivity contribution in [2.75, 3.05) is 0 Å². The van der Waals surface area contributed by atoms with E-state index in [1.807, 2.05) is 0 Å². The summed E-state index contributed by atoms with van der Waals surface area (Å²) in [5.74, 6) is 0. The van der Waals surface area contributed by atoms with E-state index < -0.39 is 6.67 Å². The maximum atomic E-state index is 12.1. The van der Waals surface area contributed by atoms with Crippen molar-refractivity contribution in [3.63, 3.8) is 0 Å². The van der Waals surface area contributed by atoms with Gasteiger partial charge in [-0.15, -0.1) is 0 Å². The monoisotopic (exact) mass is 151 g/mol. The molecule has 2 rings (SSSR count). The van der Waals surface area contributed by atoms with Crippen molar-refractivity contribution in [2.45, 2.75) is 6.67 Å². The number of alkyl halides is 1. The van der Waals surface area contributed by atoms with E-state index in [-0.39, 0.29) is 0 Å². The van der Waals surface area contributed by atoms with Gasteiger partial charge in [-0.1, -0.05) is 0 Å². The van der Waals surface area contributed by atoms with Crippen molar-refractivity contribution in [3.05, 3.63) is 30.2 Å². The third-order valence-electron chi connectivity index (χ3n) is 1.42. The molecule has 4 heteroatoms. The normalized spacial score (nSPS) is 10.6. The molecule has 0 aliphatic heterocycles. The zero-order chi connectivity index (χ0) is 7.68. The van der Waals surface area contributed by atoms with E-state index in [4.69, 9.17) is 0 Å². The van der Waals surface area contributed by atoms with Gasteiger partial charge in [0.25, 0.3) is 0 Å². The minimum Gasteiger partial charge on any atom is -0.244 e. The van der Waals surface area contributed by atoms with Crippen molar-refractivity contribution in [1.29, 1.82) is 0 Å². The second-order valence-corrected chi connectivity index (χ2v) is 2.19. The summed E-state index contributed by atoms with van der Waals surface area (Å²) in [7, 11) is 0. The van der Waals surface area contributed by atoms with Crippen LogP contribution >= 0.6 is 0 Å². The summed E-state index contributed by atoms with van der Waals surface area (Å²) < 4.78 is 13.6. The average Bonchev–Trinajstić information content (AvgIpc) is 2.46. The summed E-state index contributed by atoms with van der Waals surface area (Å²) in [5, 5.41) is 3.91. The van der Waals surface area contributed by atoms with Crippen LogP contribution in [0.15, 0.2) is 24.5 Å². The van der Waals surface area contributed by atoms with Crippen LogP contribution in [0.2, 0.25) is 0 Å². The number of fused-ring (bicyclic) bond motifs is 1. The molecule has 0 amide bonds. The molecule has 0 radical (unpaired) electrons. The Morgan fingerprint density at radius 1 is 1.55 bits per heavy atom. The van der Waals surface area contributed by atoms with Gasteiger partial charge in [0.15, 0.2) is 5.65 Å². The van der Waals surface area contributed by atoms with E-state index in [1.54, 1.807) is 29.0 Å². The van der Waals surface area contributed by atoms with Crippen molar-refractivity contribution >= 4 is 5.65 Å². The molecule has 0 fully saturated rings. The van der Waals surface area contributed by atoms with Crippen molar-refractivity contribution < 1.29 is 4.39 Å². The third kappa shape index (κ3) is 0.960. The quantitative estimate of drug-likeness (QED) is 0.613. The Morgan fingerprint density at radius 2 is 2.45 bits per heavy atom. The highest BCUT2D eigenvalue weighted by atomic mass is 19.1. The van der Waals surface area contributed by atoms with Gasteiger partial charge in [-0.05, 0) is 6.07 Å². The molecule has 0 aliphatic rings. The van der Waals surface area contributed by atoms with Gasteiger partial charge >= 0.3 is 0 Å². The molecule has 0 bridgehead atoms. The van der Waals surface area contributed by atoms with E-state index in [9.17, 15) is 4.39 Å². The molecule has 0 atom stereocenters. The van der Waals surface area contributed by atoms with Crippen LogP contribution in [0, 0.1) is 0 Å². The lowest BCUT2D eigenvalue weighted by Crippen LogP contribution is -1.87. The molecule has 0 spiro atoms. The van der Waals surface area contributed by atoms with Crippen LogP contribution in [0.1, 0.15) is 5.69 Å². The fourth-order valence-corrected chi connectivity index (χ4v) is 0.944. The molecule has 3 nitrogen and oxygen atoms in total. The Bertz CT molecular complexity index is 335. The van der Waals surface area contributed by atoms with Gasteiger partial charge in [-0.3, -0.25) is 0 Å². The summed E-state index contributed by atoms with van der Waals surface area (Å²) in [6.07, 6.45) is 3.39. The molecule has 0 aliphatic carbocycles. The first-order valence-corrected chi connectivity index (χ1v) is 3.25. The Morgan fingerprint density at radius 3 is 3.18 bits per heavy atom. The minimum absolute atomic E-state index is 0.420. The summed E-state index contributed by atoms with van der Waals surface area (Å²) in [6, 6.07) is 3.38. The van der Waals surface area contributed by atoms with Gasteiger partial charge in [0, 0.05) is 18.5 Å². The van der Waals surface area contributed by atoms with Crippen LogP contribution in [0.3, 0.4) is 0 Å². The predicted molar refractivity (Wildman–Crippen MR) is 37.8 cm³/mol. The molecule has 0 aromatic carbocycles. The van der Waals surface area contributed by atoms with Crippen LogP contribution < -0.4 is 0 Å². The zero-order valence-corrected chi connectivity index (χ0v) is 5.74. The topological polar surface area (TPSA) is 30.2 Å². The van der Waals surface area contributed by atoms with E-state index in [0.717, 1.165) is 0 Å². The van der Waals surface area contributed by atoms with Gasteiger partial charge in [-0.25, -0.2) is 13.9 Å². The van der Waals surface area contributed by atoms with Crippen LogP contribution in [0.25, 0.3) is 5.65 Å². The molecule has 2 aromatic heterocycles. The van der Waals surface area contributed by atoms with Gasteiger partial charge < -0.3 is 0 Å². The Hall–Kier alpha value is -1.45. The molecule has 0 saturated heterocycles. The molecule has 0 unspecified atom stereocenters. The van der Waals surface area contributed by atoms with E-state index in [2.05, 4.69) is 10.1 Å². The van der Waals surface area contributed by atoms with Gasteiger partial charge in [0.1, 0.15) is 6.67 Å². The highest BCUT2D eigenvalue weighted by Crippen LogP contribution is 2.02. The first-order chi connectivity index (χ1) is 5.40. The molecule has 11 heavy (non-hydrogen) atoms. The van der Waals surface area contributed by atoms with E-state index in [0.29, 0.717) is 11.3 Å². The Balaban J connectivity index is 2.69. The Kier molecular flexibility index (Phi) is 1.31. The number of nitrogens with zero attached hydrogens (tertiary/aromatic N) is 3. The maximum absolute atomic E-state index is 12.1. The lowest BCUT2D eigenvalue weighted by Gasteiger charge is -1.86. The zero-order valence-electron chi connectivity index (χ0n) is 5.74. The lowest BCUT2D eigenvalue weighted by molar-refractivity contribution is 0.474. The van der Waals surface area contributed by atoms with Crippen LogP contribution in [-0.4, -0.2) is 14.6 Å². The van der Waals surface area contributed by atoms with Crippen LogP contribution in [-0.2, 0) is 6.67 Å². The smallest absolute Gasteiger partial charge is 0.155 e. The number of hydrogen-bond acceptors (Lipinski definition) is 2. The van der Waals surface area contributed by atoms with Gasteiger partial charge in [0.05, 0.1) is 5.69 Å². The fourth-order valence-electron chi connectivity index (χ4n) is 0.944. The summed E-state index contributed by atoms with van der Waals surface area (Å²) >= 11 is 0. The molecule has 56 valence electrons. The fraction of sp³-hybridized carbons (Fsp3) is 0.143. The van der Waals surface area contributed by atoms with Crippen molar-refractivity contribution in [2.24, 2.45) is 0 Å². The molecule has 0 saturated carbocycles. The summed E-state index contributed by atoms with van der Waals surface area (Å²) in [4.78, 5) is 3.98. The second kappa shape index (κ2) is 2.30.